The zero-order valence-corrected chi connectivity index (χ0v) is 13.7. The lowest BCUT2D eigenvalue weighted by Gasteiger charge is -2.16. The quantitative estimate of drug-likeness (QED) is 0.718. The molecule has 0 aliphatic rings. The van der Waals surface area contributed by atoms with Crippen LogP contribution >= 0.6 is 11.8 Å². The first kappa shape index (κ1) is 15.9. The summed E-state index contributed by atoms with van der Waals surface area (Å²) in [6, 6.07) is 10.3. The van der Waals surface area contributed by atoms with E-state index in [1.54, 1.807) is 23.9 Å². The highest BCUT2D eigenvalue weighted by molar-refractivity contribution is 7.99. The summed E-state index contributed by atoms with van der Waals surface area (Å²) in [6.07, 6.45) is 0. The molecule has 2 rings (SSSR count). The monoisotopic (exact) mass is 304 g/mol. The van der Waals surface area contributed by atoms with Crippen LogP contribution in [-0.2, 0) is 0 Å². The van der Waals surface area contributed by atoms with Crippen molar-refractivity contribution >= 4 is 11.8 Å². The van der Waals surface area contributed by atoms with Crippen molar-refractivity contribution < 1.29 is 9.50 Å². The molecule has 0 aliphatic heterocycles. The zero-order chi connectivity index (χ0) is 15.6. The van der Waals surface area contributed by atoms with E-state index in [0.29, 0.717) is 11.0 Å². The van der Waals surface area contributed by atoms with Crippen LogP contribution in [0.3, 0.4) is 0 Å². The minimum atomic E-state index is -0.268. The molecule has 0 aliphatic carbocycles. The summed E-state index contributed by atoms with van der Waals surface area (Å²) in [5, 5.41) is 11.0. The summed E-state index contributed by atoms with van der Waals surface area (Å²) in [5.74, 6) is 0.261. The van der Waals surface area contributed by atoms with Gasteiger partial charge in [-0.15, -0.1) is 11.8 Å². The van der Waals surface area contributed by atoms with Crippen LogP contribution in [0, 0.1) is 5.82 Å². The van der Waals surface area contributed by atoms with Crippen molar-refractivity contribution in [2.75, 3.05) is 0 Å². The normalized spacial score (nSPS) is 11.4. The Morgan fingerprint density at radius 3 is 2.14 bits per heavy atom. The SMILES string of the molecule is CC(C)Sc1cc(-c2ccc(F)cc2)c(O)c(C(C)C)c1. The Bertz CT molecular complexity index is 618. The maximum absolute atomic E-state index is 13.1. The van der Waals surface area contributed by atoms with Crippen LogP contribution in [0.4, 0.5) is 4.39 Å². The maximum atomic E-state index is 13.1. The summed E-state index contributed by atoms with van der Waals surface area (Å²) >= 11 is 1.77. The fraction of sp³-hybridized carbons (Fsp3) is 0.333. The molecule has 0 atom stereocenters. The van der Waals surface area contributed by atoms with Crippen LogP contribution in [0.1, 0.15) is 39.2 Å². The van der Waals surface area contributed by atoms with Crippen LogP contribution in [-0.4, -0.2) is 10.4 Å². The third kappa shape index (κ3) is 3.79. The molecule has 112 valence electrons. The Labute approximate surface area is 130 Å². The van der Waals surface area contributed by atoms with Crippen molar-refractivity contribution in [3.05, 3.63) is 47.8 Å². The Hall–Kier alpha value is -1.48. The molecule has 0 bridgehead atoms. The van der Waals surface area contributed by atoms with Crippen molar-refractivity contribution in [3.63, 3.8) is 0 Å². The van der Waals surface area contributed by atoms with Gasteiger partial charge in [0, 0.05) is 15.7 Å². The molecule has 0 unspecified atom stereocenters. The van der Waals surface area contributed by atoms with Crippen LogP contribution < -0.4 is 0 Å². The predicted octanol–water partition coefficient (Wildman–Crippen LogP) is 5.82. The average Bonchev–Trinajstić information content (AvgIpc) is 2.40. The Morgan fingerprint density at radius 1 is 1.00 bits per heavy atom. The van der Waals surface area contributed by atoms with Crippen molar-refractivity contribution in [1.82, 2.24) is 0 Å². The van der Waals surface area contributed by atoms with Crippen LogP contribution in [0.5, 0.6) is 5.75 Å². The summed E-state index contributed by atoms with van der Waals surface area (Å²) < 4.78 is 13.1. The van der Waals surface area contributed by atoms with Crippen molar-refractivity contribution in [1.29, 1.82) is 0 Å². The zero-order valence-electron chi connectivity index (χ0n) is 12.9. The van der Waals surface area contributed by atoms with E-state index in [2.05, 4.69) is 33.8 Å². The first-order valence-corrected chi connectivity index (χ1v) is 8.06. The molecule has 0 saturated carbocycles. The van der Waals surface area contributed by atoms with Crippen molar-refractivity contribution in [2.24, 2.45) is 0 Å². The predicted molar refractivity (Wildman–Crippen MR) is 88.6 cm³/mol. The third-order valence-electron chi connectivity index (χ3n) is 3.26. The summed E-state index contributed by atoms with van der Waals surface area (Å²) in [4.78, 5) is 1.13. The Balaban J connectivity index is 2.57. The highest BCUT2D eigenvalue weighted by Gasteiger charge is 2.15. The fourth-order valence-electron chi connectivity index (χ4n) is 2.26. The van der Waals surface area contributed by atoms with E-state index in [0.717, 1.165) is 21.6 Å². The van der Waals surface area contributed by atoms with Gasteiger partial charge in [-0.3, -0.25) is 0 Å². The van der Waals surface area contributed by atoms with Gasteiger partial charge in [-0.1, -0.05) is 39.8 Å². The Morgan fingerprint density at radius 2 is 1.62 bits per heavy atom. The number of phenolic OH excluding ortho intramolecular Hbond substituents is 1. The first-order chi connectivity index (χ1) is 9.88. The number of benzene rings is 2. The minimum Gasteiger partial charge on any atom is -0.507 e. The largest absolute Gasteiger partial charge is 0.507 e. The molecule has 21 heavy (non-hydrogen) atoms. The van der Waals surface area contributed by atoms with Gasteiger partial charge in [0.2, 0.25) is 0 Å². The van der Waals surface area contributed by atoms with Gasteiger partial charge in [-0.05, 0) is 41.3 Å². The van der Waals surface area contributed by atoms with Gasteiger partial charge in [-0.2, -0.15) is 0 Å². The molecule has 0 spiro atoms. The minimum absolute atomic E-state index is 0.233. The number of halogens is 1. The maximum Gasteiger partial charge on any atom is 0.126 e. The molecule has 1 nitrogen and oxygen atoms in total. The molecular weight excluding hydrogens is 283 g/mol. The second-order valence-corrected chi connectivity index (χ2v) is 7.39. The highest BCUT2D eigenvalue weighted by Crippen LogP contribution is 2.40. The van der Waals surface area contributed by atoms with Gasteiger partial charge in [-0.25, -0.2) is 4.39 Å². The lowest BCUT2D eigenvalue weighted by molar-refractivity contribution is 0.466. The molecule has 1 N–H and O–H groups in total. The summed E-state index contributed by atoms with van der Waals surface area (Å²) in [7, 11) is 0. The molecule has 0 radical (unpaired) electrons. The molecule has 0 fully saturated rings. The van der Waals surface area contributed by atoms with Gasteiger partial charge < -0.3 is 5.11 Å². The molecule has 0 amide bonds. The molecule has 0 aromatic heterocycles. The van der Waals surface area contributed by atoms with Crippen molar-refractivity contribution in [2.45, 2.75) is 43.8 Å². The number of aromatic hydroxyl groups is 1. The van der Waals surface area contributed by atoms with E-state index >= 15 is 0 Å². The lowest BCUT2D eigenvalue weighted by atomic mass is 9.95. The van der Waals surface area contributed by atoms with Gasteiger partial charge >= 0.3 is 0 Å². The van der Waals surface area contributed by atoms with Crippen LogP contribution in [0.2, 0.25) is 0 Å². The highest BCUT2D eigenvalue weighted by atomic mass is 32.2. The lowest BCUT2D eigenvalue weighted by Crippen LogP contribution is -1.94. The van der Waals surface area contributed by atoms with E-state index in [4.69, 9.17) is 0 Å². The van der Waals surface area contributed by atoms with Crippen LogP contribution in [0.15, 0.2) is 41.3 Å². The Kier molecular flexibility index (Phi) is 4.94. The van der Waals surface area contributed by atoms with Gasteiger partial charge in [0.05, 0.1) is 0 Å². The number of hydrogen-bond acceptors (Lipinski definition) is 2. The topological polar surface area (TPSA) is 20.2 Å². The van der Waals surface area contributed by atoms with Crippen LogP contribution in [0.25, 0.3) is 11.1 Å². The van der Waals surface area contributed by atoms with Gasteiger partial charge in [0.25, 0.3) is 0 Å². The summed E-state index contributed by atoms with van der Waals surface area (Å²) in [5.41, 5.74) is 2.53. The van der Waals surface area contributed by atoms with Gasteiger partial charge in [0.1, 0.15) is 11.6 Å². The number of hydrogen-bond donors (Lipinski definition) is 1. The average molecular weight is 304 g/mol. The molecule has 0 saturated heterocycles. The fourth-order valence-corrected chi connectivity index (χ4v) is 3.18. The number of rotatable bonds is 4. The second-order valence-electron chi connectivity index (χ2n) is 5.74. The second kappa shape index (κ2) is 6.52. The number of thioether (sulfide) groups is 1. The standard InChI is InChI=1S/C18H21FOS/c1-11(2)16-9-15(21-12(3)4)10-17(18(16)20)13-5-7-14(19)8-6-13/h5-12,20H,1-4H3. The van der Waals surface area contributed by atoms with E-state index in [1.807, 2.05) is 6.07 Å². The van der Waals surface area contributed by atoms with E-state index in [-0.39, 0.29) is 11.7 Å². The smallest absolute Gasteiger partial charge is 0.126 e. The molecule has 3 heteroatoms. The molecule has 0 heterocycles. The first-order valence-electron chi connectivity index (χ1n) is 7.18. The molecule has 2 aromatic rings. The summed E-state index contributed by atoms with van der Waals surface area (Å²) in [6.45, 7) is 8.41. The molecular formula is C18H21FOS. The molecule has 2 aromatic carbocycles. The van der Waals surface area contributed by atoms with E-state index in [1.165, 1.54) is 12.1 Å². The van der Waals surface area contributed by atoms with E-state index in [9.17, 15) is 9.50 Å². The van der Waals surface area contributed by atoms with E-state index < -0.39 is 0 Å². The van der Waals surface area contributed by atoms with Crippen molar-refractivity contribution in [3.8, 4) is 16.9 Å². The number of phenols is 1. The van der Waals surface area contributed by atoms with Gasteiger partial charge in [0.15, 0.2) is 0 Å². The third-order valence-corrected chi connectivity index (χ3v) is 4.24.